The lowest BCUT2D eigenvalue weighted by molar-refractivity contribution is -0.870. The van der Waals surface area contributed by atoms with Crippen LogP contribution in [0.1, 0.15) is 251 Å². The molecule has 2 unspecified atom stereocenters. The average molecular weight is 1040 g/mol. The summed E-state index contributed by atoms with van der Waals surface area (Å²) in [6, 6.07) is 0. The fourth-order valence-corrected chi connectivity index (χ4v) is 8.26. The topological polar surface area (TPSA) is 108 Å². The first-order valence-electron chi connectivity index (χ1n) is 30.3. The Hall–Kier alpha value is -3.53. The Morgan fingerprint density at radius 2 is 0.770 bits per heavy atom. The van der Waals surface area contributed by atoms with Crippen molar-refractivity contribution < 1.29 is 42.9 Å². The monoisotopic (exact) mass is 1040 g/mol. The molecule has 0 rings (SSSR count). The van der Waals surface area contributed by atoms with Crippen LogP contribution in [0.2, 0.25) is 0 Å². The normalized spacial score (nSPS) is 13.4. The van der Waals surface area contributed by atoms with E-state index in [1.165, 1.54) is 122 Å². The minimum absolute atomic E-state index is 0.186. The number of hydrogen-bond acceptors (Lipinski definition) is 7. The van der Waals surface area contributed by atoms with Gasteiger partial charge in [0.2, 0.25) is 0 Å². The number of esters is 2. The number of hydrogen-bond donors (Lipinski definition) is 1. The highest BCUT2D eigenvalue weighted by Crippen LogP contribution is 2.17. The van der Waals surface area contributed by atoms with Gasteiger partial charge in [-0.3, -0.25) is 9.59 Å². The Labute approximate surface area is 455 Å². The predicted molar refractivity (Wildman–Crippen MR) is 313 cm³/mol. The minimum Gasteiger partial charge on any atom is -0.477 e. The molecular formula is C65H114NO8+. The van der Waals surface area contributed by atoms with Gasteiger partial charge in [0.15, 0.2) is 6.10 Å². The largest absolute Gasteiger partial charge is 0.477 e. The number of unbranched alkanes of at least 4 members (excludes halogenated alkanes) is 26. The van der Waals surface area contributed by atoms with E-state index >= 15 is 0 Å². The molecule has 9 heteroatoms. The van der Waals surface area contributed by atoms with Gasteiger partial charge in [-0.15, -0.1) is 0 Å². The molecule has 0 aliphatic carbocycles. The molecule has 0 saturated carbocycles. The van der Waals surface area contributed by atoms with Crippen molar-refractivity contribution in [3.05, 3.63) is 85.1 Å². The molecule has 0 saturated heterocycles. The summed E-state index contributed by atoms with van der Waals surface area (Å²) in [5, 5.41) is 9.67. The first-order valence-corrected chi connectivity index (χ1v) is 30.3. The van der Waals surface area contributed by atoms with Crippen LogP contribution in [0.25, 0.3) is 0 Å². The summed E-state index contributed by atoms with van der Waals surface area (Å²) in [4.78, 5) is 37.2. The number of carboxylic acids is 1. The zero-order chi connectivity index (χ0) is 54.1. The van der Waals surface area contributed by atoms with Gasteiger partial charge >= 0.3 is 17.9 Å². The van der Waals surface area contributed by atoms with Crippen molar-refractivity contribution in [3.63, 3.8) is 0 Å². The number of carboxylic acid groups (broad SMARTS) is 1. The number of rotatable bonds is 55. The van der Waals surface area contributed by atoms with Crippen LogP contribution in [-0.4, -0.2) is 87.4 Å². The van der Waals surface area contributed by atoms with Crippen LogP contribution < -0.4 is 0 Å². The fraction of sp³-hybridized carbons (Fsp3) is 0.738. The summed E-state index contributed by atoms with van der Waals surface area (Å²) in [7, 11) is 5.96. The number of likely N-dealkylation sites (N-methyl/N-ethyl adjacent to an activating group) is 1. The zero-order valence-corrected chi connectivity index (χ0v) is 48.5. The van der Waals surface area contributed by atoms with Crippen LogP contribution in [0.5, 0.6) is 0 Å². The van der Waals surface area contributed by atoms with E-state index in [4.69, 9.17) is 18.9 Å². The van der Waals surface area contributed by atoms with Crippen molar-refractivity contribution in [1.82, 2.24) is 0 Å². The van der Waals surface area contributed by atoms with E-state index in [9.17, 15) is 19.5 Å². The quantitative estimate of drug-likeness (QED) is 0.0211. The summed E-state index contributed by atoms with van der Waals surface area (Å²) in [5.74, 6) is -2.01. The maximum Gasteiger partial charge on any atom is 0.361 e. The molecule has 0 spiro atoms. The standard InChI is InChI=1S/C65H113NO8/c1-6-8-10-12-14-16-18-19-20-21-22-23-24-25-26-27-28-29-30-31-32-33-34-35-36-37-38-39-40-41-42-43-44-45-46-48-50-52-54-56-63(68)74-61(60-73-65(64(69)70)71-58-57-66(3,4)5)59-72-62(67)55-53-51-49-47-17-15-13-11-9-7-2/h8,10-11,13-14,16,19-20,22-23,25-26,28-29,61,65H,6-7,9,12,15,17-18,21,24,27,30-60H2,1-5H3/p+1/b10-8-,13-11-,16-14-,20-19-,23-22-,26-25-,29-28-. The molecule has 0 fully saturated rings. The first-order chi connectivity index (χ1) is 36.1. The summed E-state index contributed by atoms with van der Waals surface area (Å²) in [6.07, 6.45) is 71.3. The third-order valence-corrected chi connectivity index (χ3v) is 12.9. The van der Waals surface area contributed by atoms with Gasteiger partial charge < -0.3 is 28.5 Å². The predicted octanol–water partition coefficient (Wildman–Crippen LogP) is 18.0. The Bertz CT molecular complexity index is 1490. The van der Waals surface area contributed by atoms with Gasteiger partial charge in [0.1, 0.15) is 13.2 Å². The molecule has 0 aromatic rings. The molecule has 0 aromatic heterocycles. The van der Waals surface area contributed by atoms with Gasteiger partial charge in [0.25, 0.3) is 6.29 Å². The summed E-state index contributed by atoms with van der Waals surface area (Å²) in [5.41, 5.74) is 0. The van der Waals surface area contributed by atoms with E-state index in [0.29, 0.717) is 17.4 Å². The van der Waals surface area contributed by atoms with Gasteiger partial charge in [0.05, 0.1) is 34.4 Å². The van der Waals surface area contributed by atoms with Crippen LogP contribution in [0.3, 0.4) is 0 Å². The number of carbonyl (C=O) groups excluding carboxylic acids is 2. The van der Waals surface area contributed by atoms with Crippen molar-refractivity contribution in [2.45, 2.75) is 264 Å². The second-order valence-electron chi connectivity index (χ2n) is 21.3. The number of aliphatic carboxylic acids is 1. The maximum absolute atomic E-state index is 12.8. The van der Waals surface area contributed by atoms with E-state index in [-0.39, 0.29) is 32.2 Å². The highest BCUT2D eigenvalue weighted by atomic mass is 16.7. The van der Waals surface area contributed by atoms with Gasteiger partial charge in [-0.2, -0.15) is 0 Å². The zero-order valence-electron chi connectivity index (χ0n) is 48.5. The minimum atomic E-state index is -1.51. The average Bonchev–Trinajstić information content (AvgIpc) is 3.37. The molecule has 9 nitrogen and oxygen atoms in total. The smallest absolute Gasteiger partial charge is 0.361 e. The third-order valence-electron chi connectivity index (χ3n) is 12.9. The van der Waals surface area contributed by atoms with Gasteiger partial charge in [-0.25, -0.2) is 4.79 Å². The van der Waals surface area contributed by atoms with Crippen LogP contribution in [-0.2, 0) is 33.3 Å². The molecular weight excluding hydrogens is 923 g/mol. The second-order valence-corrected chi connectivity index (χ2v) is 21.3. The highest BCUT2D eigenvalue weighted by Gasteiger charge is 2.25. The van der Waals surface area contributed by atoms with E-state index in [2.05, 4.69) is 98.9 Å². The molecule has 0 heterocycles. The number of allylic oxidation sites excluding steroid dienone is 14. The lowest BCUT2D eigenvalue weighted by Crippen LogP contribution is -2.40. The highest BCUT2D eigenvalue weighted by molar-refractivity contribution is 5.71. The lowest BCUT2D eigenvalue weighted by atomic mass is 10.0. The molecule has 1 N–H and O–H groups in total. The van der Waals surface area contributed by atoms with E-state index in [0.717, 1.165) is 103 Å². The first kappa shape index (κ1) is 70.5. The Kier molecular flexibility index (Phi) is 53.0. The van der Waals surface area contributed by atoms with Crippen LogP contribution in [0.4, 0.5) is 0 Å². The molecule has 0 aliphatic rings. The van der Waals surface area contributed by atoms with Crippen molar-refractivity contribution in [2.75, 3.05) is 47.5 Å². The Morgan fingerprint density at radius 3 is 1.16 bits per heavy atom. The molecule has 0 amide bonds. The second kappa shape index (κ2) is 55.7. The van der Waals surface area contributed by atoms with E-state index in [1.807, 2.05) is 21.1 Å². The Balaban J connectivity index is 3.95. The van der Waals surface area contributed by atoms with Crippen LogP contribution in [0, 0.1) is 0 Å². The van der Waals surface area contributed by atoms with Crippen molar-refractivity contribution in [3.8, 4) is 0 Å². The lowest BCUT2D eigenvalue weighted by Gasteiger charge is -2.25. The fourth-order valence-electron chi connectivity index (χ4n) is 8.26. The molecule has 0 aliphatic heterocycles. The van der Waals surface area contributed by atoms with Crippen molar-refractivity contribution in [2.24, 2.45) is 0 Å². The van der Waals surface area contributed by atoms with Crippen molar-refractivity contribution in [1.29, 1.82) is 0 Å². The van der Waals surface area contributed by atoms with Gasteiger partial charge in [-0.1, -0.05) is 240 Å². The third kappa shape index (κ3) is 56.2. The Morgan fingerprint density at radius 1 is 0.419 bits per heavy atom. The van der Waals surface area contributed by atoms with Crippen LogP contribution >= 0.6 is 0 Å². The molecule has 74 heavy (non-hydrogen) atoms. The van der Waals surface area contributed by atoms with Gasteiger partial charge in [-0.05, 0) is 83.5 Å². The SMILES string of the molecule is CC/C=C\C/C=C\C/C=C\C/C=C\C/C=C\C/C=C\CCCCCCCCCCCCCCCCCCCCCCC(=O)OC(COC(=O)CCCCCCC/C=C\CCC)COC(OCC[N+](C)(C)C)C(=O)O. The summed E-state index contributed by atoms with van der Waals surface area (Å²) in [6.45, 7) is 4.69. The molecule has 0 radical (unpaired) electrons. The van der Waals surface area contributed by atoms with E-state index < -0.39 is 24.3 Å². The number of carbonyl (C=O) groups is 3. The number of ether oxygens (including phenoxy) is 4. The molecule has 0 aromatic carbocycles. The molecule has 426 valence electrons. The maximum atomic E-state index is 12.8. The van der Waals surface area contributed by atoms with E-state index in [1.54, 1.807) is 0 Å². The number of quaternary nitrogens is 1. The summed E-state index contributed by atoms with van der Waals surface area (Å²) < 4.78 is 22.8. The van der Waals surface area contributed by atoms with Gasteiger partial charge in [0, 0.05) is 12.8 Å². The molecule has 2 atom stereocenters. The number of nitrogens with zero attached hydrogens (tertiary/aromatic N) is 1. The van der Waals surface area contributed by atoms with Crippen LogP contribution in [0.15, 0.2) is 85.1 Å². The molecule has 0 bridgehead atoms. The summed E-state index contributed by atoms with van der Waals surface area (Å²) >= 11 is 0. The van der Waals surface area contributed by atoms with Crippen molar-refractivity contribution >= 4 is 17.9 Å².